The molecule has 5 heteroatoms. The van der Waals surface area contributed by atoms with Gasteiger partial charge in [-0.25, -0.2) is 0 Å². The van der Waals surface area contributed by atoms with E-state index >= 15 is 0 Å². The fourth-order valence-electron chi connectivity index (χ4n) is 2.96. The highest BCUT2D eigenvalue weighted by Gasteiger charge is 2.15. The SMILES string of the molecule is c1ncc(N2CCNCC2)cc1OCCCC1CCCO1. The number of hydrogen-bond donors (Lipinski definition) is 1. The summed E-state index contributed by atoms with van der Waals surface area (Å²) in [5.41, 5.74) is 1.16. The van der Waals surface area contributed by atoms with Crippen molar-refractivity contribution in [3.05, 3.63) is 18.5 Å². The van der Waals surface area contributed by atoms with Crippen LogP contribution in [0.4, 0.5) is 5.69 Å². The summed E-state index contributed by atoms with van der Waals surface area (Å²) in [5.74, 6) is 0.873. The van der Waals surface area contributed by atoms with Crippen LogP contribution in [0.25, 0.3) is 0 Å². The van der Waals surface area contributed by atoms with Gasteiger partial charge in [-0.15, -0.1) is 0 Å². The van der Waals surface area contributed by atoms with Gasteiger partial charge in [0, 0.05) is 38.9 Å². The molecule has 0 amide bonds. The van der Waals surface area contributed by atoms with Crippen LogP contribution in [0.2, 0.25) is 0 Å². The van der Waals surface area contributed by atoms with E-state index in [2.05, 4.69) is 21.3 Å². The standard InChI is InChI=1S/C16H25N3O2/c1-3-15(20-9-1)4-2-10-21-16-11-14(12-18-13-16)19-7-5-17-6-8-19/h11-13,15,17H,1-10H2. The number of nitrogens with one attached hydrogen (secondary N) is 1. The van der Waals surface area contributed by atoms with Crippen molar-refractivity contribution < 1.29 is 9.47 Å². The molecule has 116 valence electrons. The van der Waals surface area contributed by atoms with Gasteiger partial charge in [0.15, 0.2) is 0 Å². The normalized spacial score (nSPS) is 22.5. The van der Waals surface area contributed by atoms with E-state index < -0.39 is 0 Å². The molecule has 1 atom stereocenters. The van der Waals surface area contributed by atoms with Crippen molar-refractivity contribution in [1.82, 2.24) is 10.3 Å². The van der Waals surface area contributed by atoms with Gasteiger partial charge in [-0.05, 0) is 25.7 Å². The predicted octanol–water partition coefficient (Wildman–Crippen LogP) is 1.83. The van der Waals surface area contributed by atoms with E-state index in [4.69, 9.17) is 9.47 Å². The summed E-state index contributed by atoms with van der Waals surface area (Å²) in [6, 6.07) is 2.10. The molecule has 0 radical (unpaired) electrons. The van der Waals surface area contributed by atoms with Crippen molar-refractivity contribution in [3.8, 4) is 5.75 Å². The van der Waals surface area contributed by atoms with Crippen LogP contribution in [0.5, 0.6) is 5.75 Å². The maximum atomic E-state index is 5.84. The average molecular weight is 291 g/mol. The first kappa shape index (κ1) is 14.6. The van der Waals surface area contributed by atoms with Crippen LogP contribution in [0, 0.1) is 0 Å². The quantitative estimate of drug-likeness (QED) is 0.810. The minimum atomic E-state index is 0.457. The van der Waals surface area contributed by atoms with Crippen LogP contribution in [0.1, 0.15) is 25.7 Å². The van der Waals surface area contributed by atoms with Crippen LogP contribution in [-0.2, 0) is 4.74 Å². The highest BCUT2D eigenvalue weighted by atomic mass is 16.5. The second-order valence-electron chi connectivity index (χ2n) is 5.74. The van der Waals surface area contributed by atoms with Gasteiger partial charge in [-0.1, -0.05) is 0 Å². The molecule has 0 bridgehead atoms. The van der Waals surface area contributed by atoms with Gasteiger partial charge < -0.3 is 19.7 Å². The molecule has 5 nitrogen and oxygen atoms in total. The molecular formula is C16H25N3O2. The highest BCUT2D eigenvalue weighted by molar-refractivity contribution is 5.48. The maximum absolute atomic E-state index is 5.84. The third-order valence-electron chi connectivity index (χ3n) is 4.14. The summed E-state index contributed by atoms with van der Waals surface area (Å²) in [5, 5.41) is 3.36. The van der Waals surface area contributed by atoms with Crippen molar-refractivity contribution in [2.45, 2.75) is 31.8 Å². The van der Waals surface area contributed by atoms with Gasteiger partial charge in [0.05, 0.1) is 30.8 Å². The van der Waals surface area contributed by atoms with Crippen molar-refractivity contribution in [2.75, 3.05) is 44.3 Å². The number of rotatable bonds is 6. The van der Waals surface area contributed by atoms with Crippen LogP contribution in [-0.4, -0.2) is 50.5 Å². The largest absolute Gasteiger partial charge is 0.492 e. The molecule has 1 aromatic heterocycles. The third kappa shape index (κ3) is 4.32. The van der Waals surface area contributed by atoms with Crippen LogP contribution in [0.3, 0.4) is 0 Å². The number of piperazine rings is 1. The van der Waals surface area contributed by atoms with Crippen molar-refractivity contribution in [2.24, 2.45) is 0 Å². The topological polar surface area (TPSA) is 46.6 Å². The van der Waals surface area contributed by atoms with E-state index in [0.717, 1.165) is 63.7 Å². The Hall–Kier alpha value is -1.33. The van der Waals surface area contributed by atoms with E-state index in [1.807, 2.05) is 6.20 Å². The Morgan fingerprint density at radius 1 is 1.33 bits per heavy atom. The average Bonchev–Trinajstić information content (AvgIpc) is 3.06. The molecule has 0 aliphatic carbocycles. The zero-order valence-electron chi connectivity index (χ0n) is 12.6. The van der Waals surface area contributed by atoms with Gasteiger partial charge in [0.1, 0.15) is 5.75 Å². The second kappa shape index (κ2) is 7.61. The molecule has 2 fully saturated rings. The summed E-state index contributed by atoms with van der Waals surface area (Å²) in [6.07, 6.45) is 8.75. The summed E-state index contributed by atoms with van der Waals surface area (Å²) in [4.78, 5) is 6.65. The predicted molar refractivity (Wildman–Crippen MR) is 83.0 cm³/mol. The van der Waals surface area contributed by atoms with Crippen LogP contribution >= 0.6 is 0 Å². The van der Waals surface area contributed by atoms with Crippen LogP contribution < -0.4 is 15.0 Å². The molecule has 1 N–H and O–H groups in total. The first-order valence-electron chi connectivity index (χ1n) is 8.07. The summed E-state index contributed by atoms with van der Waals surface area (Å²) in [6.45, 7) is 5.81. The zero-order valence-corrected chi connectivity index (χ0v) is 12.6. The fraction of sp³-hybridized carbons (Fsp3) is 0.688. The lowest BCUT2D eigenvalue weighted by molar-refractivity contribution is 0.0981. The molecule has 0 aromatic carbocycles. The van der Waals surface area contributed by atoms with Crippen molar-refractivity contribution in [3.63, 3.8) is 0 Å². The van der Waals surface area contributed by atoms with Crippen molar-refractivity contribution in [1.29, 1.82) is 0 Å². The van der Waals surface area contributed by atoms with E-state index in [1.54, 1.807) is 6.20 Å². The molecule has 3 heterocycles. The minimum absolute atomic E-state index is 0.457. The van der Waals surface area contributed by atoms with Gasteiger partial charge in [0.2, 0.25) is 0 Å². The minimum Gasteiger partial charge on any atom is -0.492 e. The Balaban J connectivity index is 1.44. The molecule has 1 unspecified atom stereocenters. The molecule has 2 saturated heterocycles. The first-order chi connectivity index (χ1) is 10.4. The zero-order chi connectivity index (χ0) is 14.3. The first-order valence-corrected chi connectivity index (χ1v) is 8.07. The van der Waals surface area contributed by atoms with Gasteiger partial charge in [-0.2, -0.15) is 0 Å². The third-order valence-corrected chi connectivity index (χ3v) is 4.14. The Kier molecular flexibility index (Phi) is 5.29. The second-order valence-corrected chi connectivity index (χ2v) is 5.74. The molecule has 21 heavy (non-hydrogen) atoms. The monoisotopic (exact) mass is 291 g/mol. The molecule has 2 aliphatic rings. The number of anilines is 1. The molecule has 1 aromatic rings. The Bertz CT molecular complexity index is 429. The molecule has 0 saturated carbocycles. The molecule has 2 aliphatic heterocycles. The molecular weight excluding hydrogens is 266 g/mol. The molecule has 0 spiro atoms. The fourth-order valence-corrected chi connectivity index (χ4v) is 2.96. The summed E-state index contributed by atoms with van der Waals surface area (Å²) < 4.78 is 11.5. The Labute approximate surface area is 126 Å². The van der Waals surface area contributed by atoms with E-state index in [-0.39, 0.29) is 0 Å². The number of aromatic nitrogens is 1. The lowest BCUT2D eigenvalue weighted by Crippen LogP contribution is -2.43. The van der Waals surface area contributed by atoms with E-state index in [9.17, 15) is 0 Å². The van der Waals surface area contributed by atoms with E-state index in [1.165, 1.54) is 12.8 Å². The summed E-state index contributed by atoms with van der Waals surface area (Å²) in [7, 11) is 0. The van der Waals surface area contributed by atoms with E-state index in [0.29, 0.717) is 6.10 Å². The lowest BCUT2D eigenvalue weighted by atomic mass is 10.1. The Morgan fingerprint density at radius 3 is 3.05 bits per heavy atom. The number of nitrogens with zero attached hydrogens (tertiary/aromatic N) is 2. The number of pyridine rings is 1. The maximum Gasteiger partial charge on any atom is 0.139 e. The highest BCUT2D eigenvalue weighted by Crippen LogP contribution is 2.21. The van der Waals surface area contributed by atoms with Gasteiger partial charge in [-0.3, -0.25) is 4.98 Å². The lowest BCUT2D eigenvalue weighted by Gasteiger charge is -2.29. The van der Waals surface area contributed by atoms with Crippen molar-refractivity contribution >= 4 is 5.69 Å². The Morgan fingerprint density at radius 2 is 2.24 bits per heavy atom. The van der Waals surface area contributed by atoms with Gasteiger partial charge >= 0.3 is 0 Å². The molecule has 3 rings (SSSR count). The van der Waals surface area contributed by atoms with Gasteiger partial charge in [0.25, 0.3) is 0 Å². The number of hydrogen-bond acceptors (Lipinski definition) is 5. The summed E-state index contributed by atoms with van der Waals surface area (Å²) >= 11 is 0. The smallest absolute Gasteiger partial charge is 0.139 e. The number of ether oxygens (including phenoxy) is 2. The van der Waals surface area contributed by atoms with Crippen LogP contribution in [0.15, 0.2) is 18.5 Å².